The SMILES string of the molecule is O=C(COC(=O)c1ccc(S(=O)(=O)NC2CC2)cc1)Nc1ccc(N2CCCCC2)cc1. The topological polar surface area (TPSA) is 105 Å². The van der Waals surface area contributed by atoms with E-state index in [1.54, 1.807) is 0 Å². The van der Waals surface area contributed by atoms with Gasteiger partial charge in [-0.25, -0.2) is 17.9 Å². The molecule has 1 saturated carbocycles. The number of nitrogens with zero attached hydrogens (tertiary/aromatic N) is 1. The number of benzene rings is 2. The van der Waals surface area contributed by atoms with E-state index < -0.39 is 28.5 Å². The van der Waals surface area contributed by atoms with E-state index in [9.17, 15) is 18.0 Å². The molecule has 2 aliphatic rings. The number of hydrogen-bond acceptors (Lipinski definition) is 6. The molecule has 170 valence electrons. The van der Waals surface area contributed by atoms with Crippen molar-refractivity contribution < 1.29 is 22.7 Å². The van der Waals surface area contributed by atoms with Crippen LogP contribution in [-0.2, 0) is 19.6 Å². The zero-order valence-corrected chi connectivity index (χ0v) is 18.6. The lowest BCUT2D eigenvalue weighted by Crippen LogP contribution is -2.29. The van der Waals surface area contributed by atoms with Crippen molar-refractivity contribution in [2.24, 2.45) is 0 Å². The second-order valence-electron chi connectivity index (χ2n) is 8.14. The molecule has 0 bridgehead atoms. The van der Waals surface area contributed by atoms with Crippen molar-refractivity contribution in [2.75, 3.05) is 29.9 Å². The quantitative estimate of drug-likeness (QED) is 0.591. The Morgan fingerprint density at radius 1 is 0.938 bits per heavy atom. The molecule has 32 heavy (non-hydrogen) atoms. The third-order valence-corrected chi connectivity index (χ3v) is 7.04. The van der Waals surface area contributed by atoms with Crippen LogP contribution in [0.25, 0.3) is 0 Å². The van der Waals surface area contributed by atoms with Crippen molar-refractivity contribution in [3.8, 4) is 0 Å². The predicted molar refractivity (Wildman–Crippen MR) is 121 cm³/mol. The highest BCUT2D eigenvalue weighted by atomic mass is 32.2. The Labute approximate surface area is 188 Å². The molecule has 0 aromatic heterocycles. The van der Waals surface area contributed by atoms with Gasteiger partial charge in [0.05, 0.1) is 10.5 Å². The van der Waals surface area contributed by atoms with Crippen LogP contribution in [0.2, 0.25) is 0 Å². The van der Waals surface area contributed by atoms with Crippen LogP contribution in [-0.4, -0.2) is 46.0 Å². The fraction of sp³-hybridized carbons (Fsp3) is 0.391. The summed E-state index contributed by atoms with van der Waals surface area (Å²) < 4.78 is 32.0. The Morgan fingerprint density at radius 3 is 2.22 bits per heavy atom. The van der Waals surface area contributed by atoms with Crippen LogP contribution in [0.3, 0.4) is 0 Å². The number of carbonyl (C=O) groups is 2. The maximum absolute atomic E-state index is 12.2. The average Bonchev–Trinajstić information content (AvgIpc) is 3.62. The van der Waals surface area contributed by atoms with Crippen molar-refractivity contribution >= 4 is 33.3 Å². The molecule has 1 aliphatic heterocycles. The van der Waals surface area contributed by atoms with Crippen LogP contribution in [0.5, 0.6) is 0 Å². The lowest BCUT2D eigenvalue weighted by Gasteiger charge is -2.28. The molecule has 2 aromatic rings. The monoisotopic (exact) mass is 457 g/mol. The zero-order valence-electron chi connectivity index (χ0n) is 17.7. The fourth-order valence-electron chi connectivity index (χ4n) is 3.58. The molecular weight excluding hydrogens is 430 g/mol. The Balaban J connectivity index is 1.25. The highest BCUT2D eigenvalue weighted by Gasteiger charge is 2.28. The Kier molecular flexibility index (Phi) is 6.76. The first-order chi connectivity index (χ1) is 15.4. The van der Waals surface area contributed by atoms with E-state index in [0.717, 1.165) is 31.6 Å². The van der Waals surface area contributed by atoms with Gasteiger partial charge < -0.3 is 15.0 Å². The summed E-state index contributed by atoms with van der Waals surface area (Å²) in [6, 6.07) is 13.1. The number of sulfonamides is 1. The smallest absolute Gasteiger partial charge is 0.338 e. The summed E-state index contributed by atoms with van der Waals surface area (Å²) in [5.41, 5.74) is 1.94. The van der Waals surface area contributed by atoms with Crippen LogP contribution in [0, 0.1) is 0 Å². The van der Waals surface area contributed by atoms with Crippen LogP contribution < -0.4 is 14.9 Å². The van der Waals surface area contributed by atoms with Crippen molar-refractivity contribution in [3.05, 3.63) is 54.1 Å². The van der Waals surface area contributed by atoms with Crippen molar-refractivity contribution in [1.29, 1.82) is 0 Å². The zero-order chi connectivity index (χ0) is 22.6. The van der Waals surface area contributed by atoms with Gasteiger partial charge in [-0.15, -0.1) is 0 Å². The minimum atomic E-state index is -3.58. The summed E-state index contributed by atoms with van der Waals surface area (Å²) in [5.74, 6) is -1.14. The summed E-state index contributed by atoms with van der Waals surface area (Å²) in [4.78, 5) is 26.8. The Bertz CT molecular complexity index is 1060. The molecule has 8 nitrogen and oxygen atoms in total. The molecule has 0 spiro atoms. The summed E-state index contributed by atoms with van der Waals surface area (Å²) in [6.45, 7) is 1.66. The number of ether oxygens (including phenoxy) is 1. The largest absolute Gasteiger partial charge is 0.452 e. The molecule has 1 aliphatic carbocycles. The predicted octanol–water partition coefficient (Wildman–Crippen LogP) is 2.91. The van der Waals surface area contributed by atoms with Gasteiger partial charge in [0.1, 0.15) is 0 Å². The van der Waals surface area contributed by atoms with Crippen molar-refractivity contribution in [2.45, 2.75) is 43.0 Å². The Hall–Kier alpha value is -2.91. The lowest BCUT2D eigenvalue weighted by atomic mass is 10.1. The molecule has 4 rings (SSSR count). The van der Waals surface area contributed by atoms with Crippen LogP contribution in [0.1, 0.15) is 42.5 Å². The standard InChI is InChI=1S/C23H27N3O5S/c27-22(24-18-8-10-20(11-9-18)26-14-2-1-3-15-26)16-31-23(28)17-4-12-21(13-5-17)32(29,30)25-19-6-7-19/h4-5,8-13,19,25H,1-3,6-7,14-16H2,(H,24,27). The molecule has 1 amide bonds. The molecule has 1 saturated heterocycles. The third kappa shape index (κ3) is 5.86. The normalized spacial score (nSPS) is 16.4. The number of rotatable bonds is 8. The van der Waals surface area contributed by atoms with E-state index in [1.165, 1.54) is 43.5 Å². The summed E-state index contributed by atoms with van der Waals surface area (Å²) in [6.07, 6.45) is 5.34. The van der Waals surface area contributed by atoms with Gasteiger partial charge in [0.15, 0.2) is 6.61 Å². The van der Waals surface area contributed by atoms with Crippen LogP contribution in [0.15, 0.2) is 53.4 Å². The van der Waals surface area contributed by atoms with Gasteiger partial charge in [-0.3, -0.25) is 4.79 Å². The number of amides is 1. The molecule has 0 radical (unpaired) electrons. The lowest BCUT2D eigenvalue weighted by molar-refractivity contribution is -0.119. The van der Waals surface area contributed by atoms with Gasteiger partial charge in [0.2, 0.25) is 10.0 Å². The van der Waals surface area contributed by atoms with E-state index in [0.29, 0.717) is 5.69 Å². The number of hydrogen-bond donors (Lipinski definition) is 2. The van der Waals surface area contributed by atoms with Crippen molar-refractivity contribution in [1.82, 2.24) is 4.72 Å². The van der Waals surface area contributed by atoms with Gasteiger partial charge in [-0.1, -0.05) is 0 Å². The first kappa shape index (κ1) is 22.3. The van der Waals surface area contributed by atoms with Gasteiger partial charge in [-0.05, 0) is 80.6 Å². The van der Waals surface area contributed by atoms with E-state index in [1.807, 2.05) is 24.3 Å². The summed E-state index contributed by atoms with van der Waals surface area (Å²) in [7, 11) is -3.58. The van der Waals surface area contributed by atoms with E-state index in [-0.39, 0.29) is 16.5 Å². The molecule has 2 N–H and O–H groups in total. The van der Waals surface area contributed by atoms with E-state index >= 15 is 0 Å². The first-order valence-electron chi connectivity index (χ1n) is 10.9. The number of nitrogens with one attached hydrogen (secondary N) is 2. The molecule has 2 aromatic carbocycles. The summed E-state index contributed by atoms with van der Waals surface area (Å²) >= 11 is 0. The molecule has 2 fully saturated rings. The first-order valence-corrected chi connectivity index (χ1v) is 12.3. The number of carbonyl (C=O) groups excluding carboxylic acids is 2. The maximum Gasteiger partial charge on any atom is 0.338 e. The van der Waals surface area contributed by atoms with Crippen molar-refractivity contribution in [3.63, 3.8) is 0 Å². The summed E-state index contributed by atoms with van der Waals surface area (Å²) in [5, 5.41) is 2.71. The highest BCUT2D eigenvalue weighted by molar-refractivity contribution is 7.89. The molecule has 1 heterocycles. The molecule has 0 unspecified atom stereocenters. The van der Waals surface area contributed by atoms with Gasteiger partial charge in [0.25, 0.3) is 5.91 Å². The van der Waals surface area contributed by atoms with Crippen LogP contribution in [0.4, 0.5) is 11.4 Å². The second-order valence-corrected chi connectivity index (χ2v) is 9.85. The third-order valence-electron chi connectivity index (χ3n) is 5.51. The maximum atomic E-state index is 12.2. The van der Waals surface area contributed by atoms with E-state index in [4.69, 9.17) is 4.74 Å². The van der Waals surface area contributed by atoms with Gasteiger partial charge in [-0.2, -0.15) is 0 Å². The minimum Gasteiger partial charge on any atom is -0.452 e. The van der Waals surface area contributed by atoms with Crippen LogP contribution >= 0.6 is 0 Å². The second kappa shape index (κ2) is 9.70. The van der Waals surface area contributed by atoms with E-state index in [2.05, 4.69) is 14.9 Å². The van der Waals surface area contributed by atoms with Gasteiger partial charge in [0, 0.05) is 30.5 Å². The Morgan fingerprint density at radius 2 is 1.59 bits per heavy atom. The molecule has 0 atom stereocenters. The average molecular weight is 458 g/mol. The highest BCUT2D eigenvalue weighted by Crippen LogP contribution is 2.23. The molecule has 9 heteroatoms. The number of piperidine rings is 1. The fourth-order valence-corrected chi connectivity index (χ4v) is 4.88. The number of esters is 1. The van der Waals surface area contributed by atoms with Gasteiger partial charge >= 0.3 is 5.97 Å². The number of anilines is 2. The molecular formula is C23H27N3O5S. The minimum absolute atomic E-state index is 0.00382.